The van der Waals surface area contributed by atoms with E-state index in [0.29, 0.717) is 0 Å². The molecule has 1 rings (SSSR count). The molecule has 1 aromatic heterocycles. The normalized spacial score (nSPS) is 19.0. The molecule has 0 aliphatic heterocycles. The minimum absolute atomic E-state index is 0.0157. The molecule has 0 fully saturated rings. The maximum atomic E-state index is 10.8. The third kappa shape index (κ3) is 1.50. The first-order valence-electron chi connectivity index (χ1n) is 5.95. The molecule has 0 aliphatic carbocycles. The Bertz CT molecular complexity index is 443. The summed E-state index contributed by atoms with van der Waals surface area (Å²) in [7, 11) is 0. The number of hydrogen-bond donors (Lipinski definition) is 0. The van der Waals surface area contributed by atoms with Crippen molar-refractivity contribution in [3.05, 3.63) is 28.4 Å². The van der Waals surface area contributed by atoms with Crippen LogP contribution in [0.15, 0.2) is 18.3 Å². The minimum Gasteiger partial charge on any atom is -0.357 e. The largest absolute Gasteiger partial charge is 0.357 e. The Hall–Kier alpha value is -1.65. The van der Waals surface area contributed by atoms with Gasteiger partial charge in [0.15, 0.2) is 0 Å². The Labute approximate surface area is 78.2 Å². The van der Waals surface area contributed by atoms with Crippen LogP contribution in [0.3, 0.4) is 0 Å². The van der Waals surface area contributed by atoms with Crippen LogP contribution < -0.4 is 4.90 Å². The standard InChI is InChI=1S/C7H9N3O2/c1-9(2)7-6(10(11)12)4-3-5-8-7/h3-5H,1-2H3/i1D3,2D3. The summed E-state index contributed by atoms with van der Waals surface area (Å²) in [6.45, 7) is -6.13. The molecule has 5 nitrogen and oxygen atoms in total. The molecule has 5 heteroatoms. The number of nitro groups is 1. The number of hydrogen-bond acceptors (Lipinski definition) is 4. The van der Waals surface area contributed by atoms with E-state index in [9.17, 15) is 10.1 Å². The van der Waals surface area contributed by atoms with E-state index < -0.39 is 30.4 Å². The SMILES string of the molecule is [2H]C([2H])([2H])N(c1ncccc1[N+](=O)[O-])C([2H])([2H])[2H]. The zero-order chi connectivity index (χ0) is 14.1. The maximum Gasteiger partial charge on any atom is 0.311 e. The van der Waals surface area contributed by atoms with Crippen LogP contribution in [0.4, 0.5) is 11.5 Å². The van der Waals surface area contributed by atoms with E-state index in [-0.39, 0.29) is 4.90 Å². The van der Waals surface area contributed by atoms with Crippen LogP contribution in [0.25, 0.3) is 0 Å². The number of nitrogens with zero attached hydrogens (tertiary/aromatic N) is 3. The van der Waals surface area contributed by atoms with Crippen LogP contribution in [-0.2, 0) is 0 Å². The second kappa shape index (κ2) is 3.17. The van der Waals surface area contributed by atoms with Gasteiger partial charge in [-0.1, -0.05) is 0 Å². The number of pyridine rings is 1. The highest BCUT2D eigenvalue weighted by molar-refractivity contribution is 5.55. The van der Waals surface area contributed by atoms with E-state index in [1.807, 2.05) is 0 Å². The fourth-order valence-corrected chi connectivity index (χ4v) is 0.703. The zero-order valence-corrected chi connectivity index (χ0v) is 5.89. The first kappa shape index (κ1) is 3.38. The first-order valence-corrected chi connectivity index (χ1v) is 2.95. The average Bonchev–Trinajstić information content (AvgIpc) is 2.13. The Morgan fingerprint density at radius 2 is 2.50 bits per heavy atom. The van der Waals surface area contributed by atoms with Crippen LogP contribution in [0.5, 0.6) is 0 Å². The quantitative estimate of drug-likeness (QED) is 0.495. The molecule has 0 N–H and O–H groups in total. The van der Waals surface area contributed by atoms with Crippen molar-refractivity contribution in [3.63, 3.8) is 0 Å². The molecule has 0 amide bonds. The van der Waals surface area contributed by atoms with Crippen molar-refractivity contribution in [2.45, 2.75) is 0 Å². The third-order valence-electron chi connectivity index (χ3n) is 1.17. The van der Waals surface area contributed by atoms with E-state index in [2.05, 4.69) is 4.98 Å². The lowest BCUT2D eigenvalue weighted by Crippen LogP contribution is -2.12. The summed E-state index contributed by atoms with van der Waals surface area (Å²) in [6, 6.07) is 2.21. The van der Waals surface area contributed by atoms with E-state index in [1.54, 1.807) is 0 Å². The summed E-state index contributed by atoms with van der Waals surface area (Å²) in [6.07, 6.45) is 1.09. The van der Waals surface area contributed by atoms with Gasteiger partial charge in [0.25, 0.3) is 0 Å². The van der Waals surface area contributed by atoms with Gasteiger partial charge in [0.2, 0.25) is 5.82 Å². The Balaban J connectivity index is 3.45. The highest BCUT2D eigenvalue weighted by atomic mass is 16.6. The highest BCUT2D eigenvalue weighted by Gasteiger charge is 2.14. The zero-order valence-electron chi connectivity index (χ0n) is 11.9. The first-order chi connectivity index (χ1) is 8.05. The van der Waals surface area contributed by atoms with Crippen molar-refractivity contribution < 1.29 is 13.1 Å². The summed E-state index contributed by atoms with van der Waals surface area (Å²) in [5, 5.41) is 10.8. The Morgan fingerprint density at radius 1 is 1.75 bits per heavy atom. The van der Waals surface area contributed by atoms with E-state index >= 15 is 0 Å². The van der Waals surface area contributed by atoms with Gasteiger partial charge in [-0.15, -0.1) is 0 Å². The number of anilines is 1. The van der Waals surface area contributed by atoms with E-state index in [0.717, 1.165) is 12.3 Å². The second-order valence-corrected chi connectivity index (χ2v) is 1.94. The average molecular weight is 173 g/mol. The number of rotatable bonds is 2. The van der Waals surface area contributed by atoms with Gasteiger partial charge in [0.05, 0.1) is 4.92 Å². The molecule has 64 valence electrons. The van der Waals surface area contributed by atoms with Gasteiger partial charge >= 0.3 is 5.69 Å². The molecule has 0 radical (unpaired) electrons. The molecule has 0 saturated carbocycles. The molecule has 0 aliphatic rings. The minimum atomic E-state index is -3.07. The van der Waals surface area contributed by atoms with Crippen molar-refractivity contribution in [1.82, 2.24) is 4.98 Å². The fraction of sp³-hybridized carbons (Fsp3) is 0.286. The van der Waals surface area contributed by atoms with Crippen LogP contribution in [0.1, 0.15) is 8.22 Å². The van der Waals surface area contributed by atoms with Gasteiger partial charge in [0, 0.05) is 34.4 Å². The Morgan fingerprint density at radius 3 is 3.08 bits per heavy atom. The predicted octanol–water partition coefficient (Wildman–Crippen LogP) is 1.06. The molecular weight excluding hydrogens is 158 g/mol. The molecule has 0 spiro atoms. The van der Waals surface area contributed by atoms with Crippen LogP contribution in [0, 0.1) is 10.1 Å². The molecule has 0 saturated heterocycles. The van der Waals surface area contributed by atoms with Crippen molar-refractivity contribution in [1.29, 1.82) is 0 Å². The predicted molar refractivity (Wildman–Crippen MR) is 45.2 cm³/mol. The van der Waals surface area contributed by atoms with Gasteiger partial charge in [-0.3, -0.25) is 10.1 Å². The molecule has 1 aromatic rings. The van der Waals surface area contributed by atoms with Gasteiger partial charge < -0.3 is 4.90 Å². The summed E-state index contributed by atoms with van der Waals surface area (Å²) in [5.41, 5.74) is -0.676. The van der Waals surface area contributed by atoms with Crippen LogP contribution >= 0.6 is 0 Å². The summed E-state index contributed by atoms with van der Waals surface area (Å²) >= 11 is 0. The molecule has 1 heterocycles. The van der Waals surface area contributed by atoms with Crippen molar-refractivity contribution in [2.75, 3.05) is 18.9 Å². The van der Waals surface area contributed by atoms with Gasteiger partial charge in [-0.25, -0.2) is 4.98 Å². The second-order valence-electron chi connectivity index (χ2n) is 1.94. The lowest BCUT2D eigenvalue weighted by molar-refractivity contribution is -0.384. The molecular formula is C7H9N3O2. The smallest absolute Gasteiger partial charge is 0.311 e. The highest BCUT2D eigenvalue weighted by Crippen LogP contribution is 2.21. The van der Waals surface area contributed by atoms with Crippen molar-refractivity contribution in [2.24, 2.45) is 0 Å². The van der Waals surface area contributed by atoms with Gasteiger partial charge in [-0.05, 0) is 6.07 Å². The summed E-state index contributed by atoms with van der Waals surface area (Å²) in [5.74, 6) is -0.706. The molecule has 0 atom stereocenters. The van der Waals surface area contributed by atoms with Gasteiger partial charge in [0.1, 0.15) is 0 Å². The van der Waals surface area contributed by atoms with Crippen molar-refractivity contribution >= 4 is 11.5 Å². The van der Waals surface area contributed by atoms with Gasteiger partial charge in [-0.2, -0.15) is 0 Å². The lowest BCUT2D eigenvalue weighted by atomic mass is 10.4. The molecule has 0 unspecified atom stereocenters. The third-order valence-corrected chi connectivity index (χ3v) is 1.17. The summed E-state index contributed by atoms with van der Waals surface area (Å²) in [4.78, 5) is 13.4. The lowest BCUT2D eigenvalue weighted by Gasteiger charge is -2.09. The molecule has 0 aromatic carbocycles. The van der Waals surface area contributed by atoms with Crippen LogP contribution in [0.2, 0.25) is 0 Å². The van der Waals surface area contributed by atoms with Crippen molar-refractivity contribution in [3.8, 4) is 0 Å². The van der Waals surface area contributed by atoms with Crippen LogP contribution in [-0.4, -0.2) is 23.9 Å². The molecule has 0 bridgehead atoms. The summed E-state index contributed by atoms with van der Waals surface area (Å²) < 4.78 is 42.9. The number of aromatic nitrogens is 1. The fourth-order valence-electron chi connectivity index (χ4n) is 0.703. The van der Waals surface area contributed by atoms with E-state index in [1.165, 1.54) is 6.07 Å². The molecule has 12 heavy (non-hydrogen) atoms. The Kier molecular flexibility index (Phi) is 0.893. The monoisotopic (exact) mass is 173 g/mol. The van der Waals surface area contributed by atoms with E-state index in [4.69, 9.17) is 8.22 Å². The topological polar surface area (TPSA) is 59.3 Å². The maximum absolute atomic E-state index is 10.8.